The molecule has 2 N–H and O–H groups in total. The predicted molar refractivity (Wildman–Crippen MR) is 138 cm³/mol. The number of carboxylic acid groups (broad SMARTS) is 1. The molecule has 6 nitrogen and oxygen atoms in total. The Labute approximate surface area is 207 Å². The Hall–Kier alpha value is -2.64. The third-order valence-electron chi connectivity index (χ3n) is 6.27. The highest BCUT2D eigenvalue weighted by Crippen LogP contribution is 2.27. The van der Waals surface area contributed by atoms with Gasteiger partial charge in [0.2, 0.25) is 5.91 Å². The van der Waals surface area contributed by atoms with Crippen molar-refractivity contribution in [1.82, 2.24) is 5.32 Å². The van der Waals surface area contributed by atoms with Crippen molar-refractivity contribution in [3.63, 3.8) is 0 Å². The molecular weight excluding hydrogens is 448 g/mol. The molecule has 2 aromatic rings. The average Bonchev–Trinajstić information content (AvgIpc) is 2.95. The number of amides is 1. The highest BCUT2D eigenvalue weighted by molar-refractivity contribution is 7.81. The smallest absolute Gasteiger partial charge is 0.323 e. The molecule has 7 heteroatoms. The third kappa shape index (κ3) is 6.93. The summed E-state index contributed by atoms with van der Waals surface area (Å²) in [5.41, 5.74) is 2.62. The van der Waals surface area contributed by atoms with Crippen molar-refractivity contribution in [1.29, 1.82) is 0 Å². The van der Waals surface area contributed by atoms with Crippen LogP contribution in [-0.4, -0.2) is 46.6 Å². The van der Waals surface area contributed by atoms with E-state index >= 15 is 0 Å². The summed E-state index contributed by atoms with van der Waals surface area (Å²) in [6.07, 6.45) is 4.90. The van der Waals surface area contributed by atoms with E-state index in [1.807, 2.05) is 42.5 Å². The largest absolute Gasteiger partial charge is 0.480 e. The van der Waals surface area contributed by atoms with E-state index in [9.17, 15) is 19.5 Å². The molecule has 34 heavy (non-hydrogen) atoms. The van der Waals surface area contributed by atoms with Crippen LogP contribution >= 0.6 is 12.6 Å². The minimum absolute atomic E-state index is 0.0451. The van der Waals surface area contributed by atoms with Crippen LogP contribution in [0.25, 0.3) is 0 Å². The third-order valence-corrected chi connectivity index (χ3v) is 6.75. The summed E-state index contributed by atoms with van der Waals surface area (Å²) >= 11 is 4.80. The van der Waals surface area contributed by atoms with E-state index in [1.165, 1.54) is 4.90 Å². The number of nitrogens with one attached hydrogen (secondary N) is 1. The number of carboxylic acids is 1. The minimum atomic E-state index is -1.08. The molecule has 0 spiro atoms. The van der Waals surface area contributed by atoms with E-state index in [0.717, 1.165) is 30.4 Å². The van der Waals surface area contributed by atoms with E-state index in [4.69, 9.17) is 12.6 Å². The topological polar surface area (TPSA) is 86.7 Å². The zero-order chi connectivity index (χ0) is 24.5. The number of fused-ring (bicyclic) bond motifs is 1. The standard InChI is InChI=1S/C27H34N2O4S/c1-2-3-5-14-23(30)26(24(34)17-19-10-6-4-7-11-19)28-21-16-15-20-12-8-9-13-22(20)29(27(21)33)18-25(31)32/h4,6-13,21,24,26,28,34H,2-3,5,14-18H2,1H3,(H,31,32). The van der Waals surface area contributed by atoms with Gasteiger partial charge in [-0.3, -0.25) is 24.6 Å². The molecule has 0 fully saturated rings. The number of unbranched alkanes of at least 4 members (excludes halogenated alkanes) is 2. The van der Waals surface area contributed by atoms with Crippen LogP contribution in [0, 0.1) is 0 Å². The van der Waals surface area contributed by atoms with Crippen LogP contribution in [0.4, 0.5) is 5.69 Å². The number of aryl methyl sites for hydroxylation is 1. The maximum absolute atomic E-state index is 13.5. The lowest BCUT2D eigenvalue weighted by Crippen LogP contribution is -2.55. The number of anilines is 1. The zero-order valence-corrected chi connectivity index (χ0v) is 20.5. The fourth-order valence-electron chi connectivity index (χ4n) is 4.48. The molecule has 0 radical (unpaired) electrons. The number of carbonyl (C=O) groups excluding carboxylic acids is 2. The lowest BCUT2D eigenvalue weighted by molar-refractivity contribution is -0.137. The van der Waals surface area contributed by atoms with Crippen LogP contribution in [0.5, 0.6) is 0 Å². The second kappa shape index (κ2) is 12.7. The van der Waals surface area contributed by atoms with Crippen LogP contribution in [-0.2, 0) is 27.2 Å². The Bertz CT molecular complexity index is 982. The number of para-hydroxylation sites is 1. The van der Waals surface area contributed by atoms with Crippen molar-refractivity contribution >= 4 is 36.0 Å². The summed E-state index contributed by atoms with van der Waals surface area (Å²) in [6, 6.07) is 16.0. The summed E-state index contributed by atoms with van der Waals surface area (Å²) in [5, 5.41) is 12.5. The first-order valence-electron chi connectivity index (χ1n) is 12.0. The maximum Gasteiger partial charge on any atom is 0.323 e. The molecule has 1 heterocycles. The molecule has 0 saturated heterocycles. The molecule has 3 atom stereocenters. The number of rotatable bonds is 12. The van der Waals surface area contributed by atoms with Crippen LogP contribution in [0.1, 0.15) is 50.2 Å². The number of ketones is 1. The van der Waals surface area contributed by atoms with Crippen LogP contribution in [0.3, 0.4) is 0 Å². The molecule has 3 unspecified atom stereocenters. The molecule has 0 aromatic heterocycles. The highest BCUT2D eigenvalue weighted by Gasteiger charge is 2.35. The molecule has 3 rings (SSSR count). The number of nitrogens with zero attached hydrogens (tertiary/aromatic N) is 1. The molecular formula is C27H34N2O4S. The minimum Gasteiger partial charge on any atom is -0.480 e. The maximum atomic E-state index is 13.5. The zero-order valence-electron chi connectivity index (χ0n) is 19.7. The second-order valence-corrected chi connectivity index (χ2v) is 9.53. The van der Waals surface area contributed by atoms with Gasteiger partial charge in [0, 0.05) is 17.4 Å². The number of benzene rings is 2. The van der Waals surface area contributed by atoms with Crippen LogP contribution in [0.2, 0.25) is 0 Å². The Kier molecular flexibility index (Phi) is 9.72. The van der Waals surface area contributed by atoms with Crippen molar-refractivity contribution in [2.24, 2.45) is 0 Å². The lowest BCUT2D eigenvalue weighted by atomic mass is 9.96. The van der Waals surface area contributed by atoms with Gasteiger partial charge >= 0.3 is 5.97 Å². The lowest BCUT2D eigenvalue weighted by Gasteiger charge is -2.30. The number of hydrogen-bond donors (Lipinski definition) is 3. The first kappa shape index (κ1) is 26.0. The normalized spacial score (nSPS) is 17.5. The fourth-order valence-corrected chi connectivity index (χ4v) is 4.95. The van der Waals surface area contributed by atoms with Gasteiger partial charge in [0.15, 0.2) is 5.78 Å². The van der Waals surface area contributed by atoms with Crippen molar-refractivity contribution in [3.05, 3.63) is 65.7 Å². The van der Waals surface area contributed by atoms with E-state index < -0.39 is 24.6 Å². The molecule has 1 amide bonds. The first-order chi connectivity index (χ1) is 16.4. The number of aliphatic carboxylic acids is 1. The fraction of sp³-hybridized carbons (Fsp3) is 0.444. The first-order valence-corrected chi connectivity index (χ1v) is 12.5. The number of hydrogen-bond acceptors (Lipinski definition) is 5. The molecule has 0 saturated carbocycles. The molecule has 0 aliphatic carbocycles. The van der Waals surface area contributed by atoms with Crippen molar-refractivity contribution in [3.8, 4) is 0 Å². The van der Waals surface area contributed by atoms with Gasteiger partial charge in [-0.25, -0.2) is 0 Å². The van der Waals surface area contributed by atoms with Gasteiger partial charge in [-0.15, -0.1) is 0 Å². The molecule has 0 bridgehead atoms. The van der Waals surface area contributed by atoms with E-state index in [-0.39, 0.29) is 16.9 Å². The Morgan fingerprint density at radius 2 is 1.82 bits per heavy atom. The van der Waals surface area contributed by atoms with Gasteiger partial charge in [0.25, 0.3) is 0 Å². The quantitative estimate of drug-likeness (QED) is 0.314. The molecule has 2 aromatic carbocycles. The SMILES string of the molecule is CCCCCC(=O)C(NC1CCc2ccccc2N(CC(=O)O)C1=O)C(S)Cc1ccccc1. The van der Waals surface area contributed by atoms with E-state index in [0.29, 0.717) is 31.4 Å². The highest BCUT2D eigenvalue weighted by atomic mass is 32.1. The number of carbonyl (C=O) groups is 3. The summed E-state index contributed by atoms with van der Waals surface area (Å²) in [5.74, 6) is -1.35. The van der Waals surface area contributed by atoms with Gasteiger partial charge in [-0.1, -0.05) is 68.3 Å². The summed E-state index contributed by atoms with van der Waals surface area (Å²) in [6.45, 7) is 1.67. The Balaban J connectivity index is 1.83. The molecule has 182 valence electrons. The van der Waals surface area contributed by atoms with Crippen molar-refractivity contribution in [2.75, 3.05) is 11.4 Å². The average molecular weight is 483 g/mol. The van der Waals surface area contributed by atoms with Crippen molar-refractivity contribution < 1.29 is 19.5 Å². The summed E-state index contributed by atoms with van der Waals surface area (Å²) in [7, 11) is 0. The van der Waals surface area contributed by atoms with Crippen LogP contribution in [0.15, 0.2) is 54.6 Å². The summed E-state index contributed by atoms with van der Waals surface area (Å²) < 4.78 is 0. The summed E-state index contributed by atoms with van der Waals surface area (Å²) in [4.78, 5) is 39.6. The number of thiol groups is 1. The van der Waals surface area contributed by atoms with E-state index in [1.54, 1.807) is 12.1 Å². The van der Waals surface area contributed by atoms with Gasteiger partial charge < -0.3 is 5.11 Å². The van der Waals surface area contributed by atoms with Gasteiger partial charge in [-0.05, 0) is 42.9 Å². The van der Waals surface area contributed by atoms with Crippen LogP contribution < -0.4 is 10.2 Å². The Morgan fingerprint density at radius 1 is 1.12 bits per heavy atom. The van der Waals surface area contributed by atoms with Gasteiger partial charge in [0.1, 0.15) is 6.54 Å². The number of Topliss-reactive ketones (excluding diaryl/α,β-unsaturated/α-hetero) is 1. The molecule has 1 aliphatic heterocycles. The second-order valence-electron chi connectivity index (χ2n) is 8.86. The van der Waals surface area contributed by atoms with Crippen molar-refractivity contribution in [2.45, 2.75) is 69.2 Å². The van der Waals surface area contributed by atoms with Gasteiger partial charge in [0.05, 0.1) is 12.1 Å². The van der Waals surface area contributed by atoms with E-state index in [2.05, 4.69) is 12.2 Å². The predicted octanol–water partition coefficient (Wildman–Crippen LogP) is 4.07. The molecule has 1 aliphatic rings. The Morgan fingerprint density at radius 3 is 2.53 bits per heavy atom. The monoisotopic (exact) mass is 482 g/mol. The van der Waals surface area contributed by atoms with Gasteiger partial charge in [-0.2, -0.15) is 12.6 Å².